The van der Waals surface area contributed by atoms with Crippen molar-refractivity contribution in [2.45, 2.75) is 18.9 Å². The maximum absolute atomic E-state index is 14.6. The van der Waals surface area contributed by atoms with Crippen LogP contribution in [-0.4, -0.2) is 49.6 Å². The predicted molar refractivity (Wildman–Crippen MR) is 107 cm³/mol. The van der Waals surface area contributed by atoms with Crippen molar-refractivity contribution < 1.29 is 18.7 Å². The van der Waals surface area contributed by atoms with Gasteiger partial charge in [0, 0.05) is 31.7 Å². The van der Waals surface area contributed by atoms with Crippen molar-refractivity contribution >= 4 is 17.5 Å². The van der Waals surface area contributed by atoms with E-state index in [2.05, 4.69) is 15.5 Å². The summed E-state index contributed by atoms with van der Waals surface area (Å²) in [6.07, 6.45) is 0.834. The van der Waals surface area contributed by atoms with E-state index in [0.717, 1.165) is 24.2 Å². The van der Waals surface area contributed by atoms with E-state index in [9.17, 15) is 14.0 Å². The highest BCUT2D eigenvalue weighted by Crippen LogP contribution is 2.26. The molecule has 0 bridgehead atoms. The van der Waals surface area contributed by atoms with Gasteiger partial charge in [-0.3, -0.25) is 14.5 Å². The molecular weight excluding hydrogens is 373 g/mol. The van der Waals surface area contributed by atoms with Gasteiger partial charge in [0.25, 0.3) is 5.91 Å². The van der Waals surface area contributed by atoms with Gasteiger partial charge in [-0.05, 0) is 29.7 Å². The Morgan fingerprint density at radius 2 is 1.93 bits per heavy atom. The highest BCUT2D eigenvalue weighted by Gasteiger charge is 2.24. The number of hydrogen-bond donors (Lipinski definition) is 2. The summed E-state index contributed by atoms with van der Waals surface area (Å²) < 4.78 is 20.0. The summed E-state index contributed by atoms with van der Waals surface area (Å²) >= 11 is 0. The molecule has 29 heavy (non-hydrogen) atoms. The molecule has 2 aliphatic heterocycles. The molecule has 0 radical (unpaired) electrons. The number of aryl methyl sites for hydroxylation is 1. The number of carbonyl (C=O) groups excluding carboxylic acids is 2. The zero-order valence-corrected chi connectivity index (χ0v) is 16.1. The number of benzene rings is 2. The van der Waals surface area contributed by atoms with E-state index in [0.29, 0.717) is 38.3 Å². The third-order valence-corrected chi connectivity index (χ3v) is 5.38. The number of nitrogens with zero attached hydrogens (tertiary/aromatic N) is 1. The van der Waals surface area contributed by atoms with Crippen LogP contribution < -0.4 is 10.6 Å². The number of ether oxygens (including phenoxy) is 1. The Bertz CT molecular complexity index is 898. The summed E-state index contributed by atoms with van der Waals surface area (Å²) in [4.78, 5) is 26.7. The zero-order valence-electron chi connectivity index (χ0n) is 16.1. The topological polar surface area (TPSA) is 70.7 Å². The Kier molecular flexibility index (Phi) is 5.87. The largest absolute Gasteiger partial charge is 0.379 e. The summed E-state index contributed by atoms with van der Waals surface area (Å²) in [6, 6.07) is 12.2. The number of morpholine rings is 1. The second-order valence-corrected chi connectivity index (χ2v) is 7.39. The summed E-state index contributed by atoms with van der Waals surface area (Å²) in [7, 11) is 0. The maximum Gasteiger partial charge on any atom is 0.254 e. The monoisotopic (exact) mass is 397 g/mol. The molecule has 4 rings (SSSR count). The van der Waals surface area contributed by atoms with Gasteiger partial charge in [-0.15, -0.1) is 0 Å². The third kappa shape index (κ3) is 4.63. The second-order valence-electron chi connectivity index (χ2n) is 7.39. The minimum atomic E-state index is -0.637. The molecule has 152 valence electrons. The van der Waals surface area contributed by atoms with Crippen LogP contribution in [0.4, 0.5) is 10.1 Å². The number of fused-ring (bicyclic) bond motifs is 1. The van der Waals surface area contributed by atoms with Crippen LogP contribution in [0.3, 0.4) is 0 Å². The first-order chi connectivity index (χ1) is 14.1. The number of hydrogen-bond acceptors (Lipinski definition) is 4. The summed E-state index contributed by atoms with van der Waals surface area (Å²) in [5.41, 5.74) is 2.20. The first-order valence-corrected chi connectivity index (χ1v) is 9.88. The van der Waals surface area contributed by atoms with E-state index >= 15 is 0 Å². The van der Waals surface area contributed by atoms with Crippen LogP contribution in [0.1, 0.15) is 33.9 Å². The van der Waals surface area contributed by atoms with Crippen LogP contribution in [0.2, 0.25) is 0 Å². The summed E-state index contributed by atoms with van der Waals surface area (Å²) in [6.45, 7) is 3.56. The van der Waals surface area contributed by atoms with Crippen LogP contribution in [-0.2, 0) is 16.0 Å². The average molecular weight is 397 g/mol. The maximum atomic E-state index is 14.6. The lowest BCUT2D eigenvalue weighted by Crippen LogP contribution is -2.43. The minimum absolute atomic E-state index is 0.00260. The molecule has 2 aromatic rings. The van der Waals surface area contributed by atoms with Gasteiger partial charge in [0.05, 0.1) is 24.8 Å². The normalized spacial score (nSPS) is 17.9. The standard InChI is InChI=1S/C22H24FN3O3/c23-18-13-19-16(6-7-21(27)24-19)12-17(18)22(28)25-20(15-4-2-1-3-5-15)14-26-8-10-29-11-9-26/h1-5,12-13,20H,6-11,14H2,(H,24,27)(H,25,28). The van der Waals surface area contributed by atoms with E-state index < -0.39 is 11.7 Å². The molecule has 6 nitrogen and oxygen atoms in total. The lowest BCUT2D eigenvalue weighted by atomic mass is 9.99. The van der Waals surface area contributed by atoms with Gasteiger partial charge in [-0.1, -0.05) is 30.3 Å². The average Bonchev–Trinajstić information content (AvgIpc) is 2.74. The molecule has 2 N–H and O–H groups in total. The molecule has 1 fully saturated rings. The predicted octanol–water partition coefficient (Wildman–Crippen LogP) is 2.51. The van der Waals surface area contributed by atoms with Crippen molar-refractivity contribution in [3.63, 3.8) is 0 Å². The van der Waals surface area contributed by atoms with Gasteiger partial charge in [0.2, 0.25) is 5.91 Å². The van der Waals surface area contributed by atoms with Gasteiger partial charge in [0.15, 0.2) is 0 Å². The van der Waals surface area contributed by atoms with Crippen molar-refractivity contribution in [2.24, 2.45) is 0 Å². The van der Waals surface area contributed by atoms with Gasteiger partial charge in [-0.2, -0.15) is 0 Å². The number of rotatable bonds is 5. The molecule has 0 aliphatic carbocycles. The molecular formula is C22H24FN3O3. The lowest BCUT2D eigenvalue weighted by Gasteiger charge is -2.31. The van der Waals surface area contributed by atoms with E-state index in [-0.39, 0.29) is 17.5 Å². The fraction of sp³-hybridized carbons (Fsp3) is 0.364. The van der Waals surface area contributed by atoms with Crippen molar-refractivity contribution in [1.29, 1.82) is 0 Å². The number of halogens is 1. The van der Waals surface area contributed by atoms with E-state index in [1.54, 1.807) is 6.07 Å². The van der Waals surface area contributed by atoms with E-state index in [1.807, 2.05) is 30.3 Å². The number of amides is 2. The molecule has 1 unspecified atom stereocenters. The first kappa shape index (κ1) is 19.5. The Labute approximate surface area is 169 Å². The Balaban J connectivity index is 1.55. The smallest absolute Gasteiger partial charge is 0.254 e. The van der Waals surface area contributed by atoms with Crippen LogP contribution in [0, 0.1) is 5.82 Å². The molecule has 1 atom stereocenters. The minimum Gasteiger partial charge on any atom is -0.379 e. The Morgan fingerprint density at radius 3 is 2.69 bits per heavy atom. The summed E-state index contributed by atoms with van der Waals surface area (Å²) in [5.74, 6) is -1.23. The zero-order chi connectivity index (χ0) is 20.2. The van der Waals surface area contributed by atoms with Gasteiger partial charge >= 0.3 is 0 Å². The van der Waals surface area contributed by atoms with Crippen molar-refractivity contribution in [1.82, 2.24) is 10.2 Å². The molecule has 7 heteroatoms. The highest BCUT2D eigenvalue weighted by molar-refractivity contribution is 5.98. The molecule has 0 spiro atoms. The summed E-state index contributed by atoms with van der Waals surface area (Å²) in [5, 5.41) is 5.66. The fourth-order valence-electron chi connectivity index (χ4n) is 3.77. The van der Waals surface area contributed by atoms with E-state index in [4.69, 9.17) is 4.74 Å². The van der Waals surface area contributed by atoms with Crippen molar-refractivity contribution in [2.75, 3.05) is 38.2 Å². The molecule has 2 aromatic carbocycles. The third-order valence-electron chi connectivity index (χ3n) is 5.38. The molecule has 2 aliphatic rings. The first-order valence-electron chi connectivity index (χ1n) is 9.88. The second kappa shape index (κ2) is 8.71. The van der Waals surface area contributed by atoms with Gasteiger partial charge < -0.3 is 15.4 Å². The quantitative estimate of drug-likeness (QED) is 0.813. The van der Waals surface area contributed by atoms with Crippen molar-refractivity contribution in [3.8, 4) is 0 Å². The SMILES string of the molecule is O=C1CCc2cc(C(=O)NC(CN3CCOCC3)c3ccccc3)c(F)cc2N1. The Hall–Kier alpha value is -2.77. The molecule has 2 heterocycles. The number of nitrogens with one attached hydrogen (secondary N) is 2. The lowest BCUT2D eigenvalue weighted by molar-refractivity contribution is -0.116. The molecule has 2 amide bonds. The van der Waals surface area contributed by atoms with E-state index in [1.165, 1.54) is 6.07 Å². The molecule has 0 aromatic heterocycles. The van der Waals surface area contributed by atoms with Crippen molar-refractivity contribution in [3.05, 3.63) is 65.0 Å². The molecule has 0 saturated carbocycles. The fourth-order valence-corrected chi connectivity index (χ4v) is 3.77. The Morgan fingerprint density at radius 1 is 1.17 bits per heavy atom. The van der Waals surface area contributed by atoms with Crippen LogP contribution in [0.15, 0.2) is 42.5 Å². The molecule has 1 saturated heterocycles. The van der Waals surface area contributed by atoms with Gasteiger partial charge in [-0.25, -0.2) is 4.39 Å². The van der Waals surface area contributed by atoms with Crippen LogP contribution in [0.25, 0.3) is 0 Å². The number of carbonyl (C=O) groups is 2. The van der Waals surface area contributed by atoms with Crippen LogP contribution in [0.5, 0.6) is 0 Å². The number of anilines is 1. The highest BCUT2D eigenvalue weighted by atomic mass is 19.1. The van der Waals surface area contributed by atoms with Crippen LogP contribution >= 0.6 is 0 Å². The van der Waals surface area contributed by atoms with Gasteiger partial charge in [0.1, 0.15) is 5.82 Å².